The Morgan fingerprint density at radius 2 is 1.11 bits per heavy atom. The Morgan fingerprint density at radius 3 is 1.44 bits per heavy atom. The van der Waals surface area contributed by atoms with Crippen molar-refractivity contribution in [3.8, 4) is 0 Å². The van der Waals surface area contributed by atoms with Crippen LogP contribution in [0.2, 0.25) is 0 Å². The summed E-state index contributed by atoms with van der Waals surface area (Å²) in [4.78, 5) is 30.0. The molecule has 0 aliphatic heterocycles. The first-order valence-electron chi connectivity index (χ1n) is 6.38. The molecule has 0 amide bonds. The van der Waals surface area contributed by atoms with E-state index in [4.69, 9.17) is 0 Å². The molecule has 0 aromatic heterocycles. The molecule has 0 bridgehead atoms. The molecule has 6 nitrogen and oxygen atoms in total. The van der Waals surface area contributed by atoms with Gasteiger partial charge in [0, 0.05) is 0 Å². The highest BCUT2D eigenvalue weighted by atomic mass is 17.3. The van der Waals surface area contributed by atoms with Crippen molar-refractivity contribution in [1.29, 1.82) is 0 Å². The smallest absolute Gasteiger partial charge is 0.432 e. The van der Waals surface area contributed by atoms with E-state index in [0.717, 1.165) is 38.5 Å². The molecule has 0 fully saturated rings. The molecule has 0 rings (SSSR count). The summed E-state index contributed by atoms with van der Waals surface area (Å²) < 4.78 is 9.29. The lowest BCUT2D eigenvalue weighted by atomic mass is 10.3. The van der Waals surface area contributed by atoms with E-state index in [1.54, 1.807) is 0 Å². The number of rotatable bonds is 8. The average molecular weight is 262 g/mol. The molecule has 0 aromatic carbocycles. The van der Waals surface area contributed by atoms with Crippen LogP contribution in [0.3, 0.4) is 0 Å². The molecule has 0 atom stereocenters. The minimum absolute atomic E-state index is 0.252. The zero-order chi connectivity index (χ0) is 13.6. The molecule has 0 aromatic rings. The molecule has 0 N–H and O–H groups in total. The van der Waals surface area contributed by atoms with Gasteiger partial charge in [0.15, 0.2) is 0 Å². The lowest BCUT2D eigenvalue weighted by molar-refractivity contribution is -0.217. The molecule has 0 spiro atoms. The van der Waals surface area contributed by atoms with Crippen LogP contribution in [-0.2, 0) is 19.2 Å². The Balaban J connectivity index is 3.39. The van der Waals surface area contributed by atoms with E-state index in [1.165, 1.54) is 0 Å². The summed E-state index contributed by atoms with van der Waals surface area (Å²) in [6, 6.07) is 0. The molecule has 0 saturated heterocycles. The summed E-state index contributed by atoms with van der Waals surface area (Å²) in [6.07, 6.45) is 3.44. The van der Waals surface area contributed by atoms with Crippen molar-refractivity contribution < 1.29 is 28.8 Å². The van der Waals surface area contributed by atoms with Gasteiger partial charge in [-0.25, -0.2) is 0 Å². The SMILES string of the molecule is CCCCCOC(=O)OOC(=O)OCCCCC. The first-order chi connectivity index (χ1) is 8.70. The van der Waals surface area contributed by atoms with Crippen molar-refractivity contribution in [2.24, 2.45) is 0 Å². The van der Waals surface area contributed by atoms with Crippen LogP contribution in [-0.4, -0.2) is 25.5 Å². The maximum atomic E-state index is 10.9. The van der Waals surface area contributed by atoms with Crippen molar-refractivity contribution in [2.45, 2.75) is 52.4 Å². The van der Waals surface area contributed by atoms with Gasteiger partial charge in [-0.05, 0) is 12.8 Å². The summed E-state index contributed by atoms with van der Waals surface area (Å²) in [7, 11) is 0. The molecular formula is C12H22O6. The average Bonchev–Trinajstić information content (AvgIpc) is 2.37. The van der Waals surface area contributed by atoms with Crippen LogP contribution in [0.25, 0.3) is 0 Å². The lowest BCUT2D eigenvalue weighted by Gasteiger charge is -2.04. The molecule has 6 heteroatoms. The molecule has 0 aliphatic rings. The first-order valence-corrected chi connectivity index (χ1v) is 6.38. The Morgan fingerprint density at radius 1 is 0.722 bits per heavy atom. The number of carbonyl (C=O) groups is 2. The van der Waals surface area contributed by atoms with Gasteiger partial charge in [-0.15, -0.1) is 0 Å². The van der Waals surface area contributed by atoms with E-state index >= 15 is 0 Å². The molecule has 106 valence electrons. The van der Waals surface area contributed by atoms with Gasteiger partial charge >= 0.3 is 12.3 Å². The Bertz CT molecular complexity index is 205. The largest absolute Gasteiger partial charge is 0.549 e. The highest BCUT2D eigenvalue weighted by Crippen LogP contribution is 1.98. The summed E-state index contributed by atoms with van der Waals surface area (Å²) in [6.45, 7) is 4.58. The predicted molar refractivity (Wildman–Crippen MR) is 63.9 cm³/mol. The van der Waals surface area contributed by atoms with Gasteiger partial charge in [0.05, 0.1) is 13.2 Å². The van der Waals surface area contributed by atoms with Gasteiger partial charge in [0.2, 0.25) is 0 Å². The highest BCUT2D eigenvalue weighted by Gasteiger charge is 2.11. The second-order valence-corrected chi connectivity index (χ2v) is 3.78. The third-order valence-corrected chi connectivity index (χ3v) is 2.11. The van der Waals surface area contributed by atoms with Crippen LogP contribution in [0.1, 0.15) is 52.4 Å². The number of hydrogen-bond acceptors (Lipinski definition) is 6. The van der Waals surface area contributed by atoms with Crippen molar-refractivity contribution in [1.82, 2.24) is 0 Å². The van der Waals surface area contributed by atoms with Gasteiger partial charge in [-0.2, -0.15) is 19.4 Å². The summed E-state index contributed by atoms with van der Waals surface area (Å²) in [5.41, 5.74) is 0. The maximum absolute atomic E-state index is 10.9. The lowest BCUT2D eigenvalue weighted by Crippen LogP contribution is -2.14. The third-order valence-electron chi connectivity index (χ3n) is 2.11. The molecule has 18 heavy (non-hydrogen) atoms. The summed E-state index contributed by atoms with van der Waals surface area (Å²) in [5, 5.41) is 0. The fourth-order valence-corrected chi connectivity index (χ4v) is 1.13. The van der Waals surface area contributed by atoms with Crippen LogP contribution < -0.4 is 0 Å². The fraction of sp³-hybridized carbons (Fsp3) is 0.833. The van der Waals surface area contributed by atoms with Crippen molar-refractivity contribution in [2.75, 3.05) is 13.2 Å². The van der Waals surface area contributed by atoms with E-state index in [-0.39, 0.29) is 13.2 Å². The number of ether oxygens (including phenoxy) is 2. The van der Waals surface area contributed by atoms with Gasteiger partial charge in [-0.1, -0.05) is 39.5 Å². The maximum Gasteiger partial charge on any atom is 0.549 e. The minimum atomic E-state index is -1.03. The quantitative estimate of drug-likeness (QED) is 0.288. The zero-order valence-electron chi connectivity index (χ0n) is 11.1. The fourth-order valence-electron chi connectivity index (χ4n) is 1.13. The van der Waals surface area contributed by atoms with Crippen LogP contribution >= 0.6 is 0 Å². The first kappa shape index (κ1) is 16.5. The van der Waals surface area contributed by atoms with E-state index in [2.05, 4.69) is 19.2 Å². The Hall–Kier alpha value is -1.46. The molecule has 0 heterocycles. The highest BCUT2D eigenvalue weighted by molar-refractivity contribution is 5.63. The molecule has 0 unspecified atom stereocenters. The standard InChI is InChI=1S/C12H22O6/c1-3-5-7-9-15-11(13)17-18-12(14)16-10-8-6-4-2/h3-10H2,1-2H3. The Labute approximate surface area is 107 Å². The number of carbonyl (C=O) groups excluding carboxylic acids is 2. The van der Waals surface area contributed by atoms with E-state index in [1.807, 2.05) is 13.8 Å². The van der Waals surface area contributed by atoms with Crippen LogP contribution in [0.4, 0.5) is 9.59 Å². The van der Waals surface area contributed by atoms with Crippen LogP contribution in [0.5, 0.6) is 0 Å². The van der Waals surface area contributed by atoms with Gasteiger partial charge in [0.1, 0.15) is 0 Å². The van der Waals surface area contributed by atoms with Crippen LogP contribution in [0.15, 0.2) is 0 Å². The molecule has 0 radical (unpaired) electrons. The van der Waals surface area contributed by atoms with Crippen molar-refractivity contribution in [3.05, 3.63) is 0 Å². The van der Waals surface area contributed by atoms with Crippen LogP contribution in [0, 0.1) is 0 Å². The third kappa shape index (κ3) is 11.0. The Kier molecular flexibility index (Phi) is 11.0. The van der Waals surface area contributed by atoms with Gasteiger partial charge in [-0.3, -0.25) is 0 Å². The van der Waals surface area contributed by atoms with E-state index < -0.39 is 12.3 Å². The zero-order valence-corrected chi connectivity index (χ0v) is 11.1. The second-order valence-electron chi connectivity index (χ2n) is 3.78. The topological polar surface area (TPSA) is 71.1 Å². The van der Waals surface area contributed by atoms with Crippen molar-refractivity contribution >= 4 is 12.3 Å². The molecule has 0 saturated carbocycles. The second kappa shape index (κ2) is 12.0. The van der Waals surface area contributed by atoms with E-state index in [9.17, 15) is 9.59 Å². The number of hydrogen-bond donors (Lipinski definition) is 0. The summed E-state index contributed by atoms with van der Waals surface area (Å²) in [5.74, 6) is 0. The predicted octanol–water partition coefficient (Wildman–Crippen LogP) is 3.59. The van der Waals surface area contributed by atoms with Gasteiger partial charge < -0.3 is 9.47 Å². The molecular weight excluding hydrogens is 240 g/mol. The van der Waals surface area contributed by atoms with Crippen molar-refractivity contribution in [3.63, 3.8) is 0 Å². The summed E-state index contributed by atoms with van der Waals surface area (Å²) >= 11 is 0. The minimum Gasteiger partial charge on any atom is -0.432 e. The normalized spacial score (nSPS) is 9.67. The number of unbranched alkanes of at least 4 members (excludes halogenated alkanes) is 4. The van der Waals surface area contributed by atoms with Gasteiger partial charge in [0.25, 0.3) is 0 Å². The monoisotopic (exact) mass is 262 g/mol. The molecule has 0 aliphatic carbocycles. The van der Waals surface area contributed by atoms with E-state index in [0.29, 0.717) is 0 Å².